The number of hydrogen-bond acceptors (Lipinski definition) is 5. The molecule has 0 bridgehead atoms. The first-order chi connectivity index (χ1) is 10.5. The number of hydrazine groups is 1. The van der Waals surface area contributed by atoms with E-state index in [1.807, 2.05) is 0 Å². The van der Waals surface area contributed by atoms with Crippen LogP contribution in [0.5, 0.6) is 0 Å². The molecule has 3 atom stereocenters. The summed E-state index contributed by atoms with van der Waals surface area (Å²) in [6.45, 7) is 1.60. The maximum atomic E-state index is 12.2. The first-order valence-corrected chi connectivity index (χ1v) is 8.81. The Balaban J connectivity index is 1.82. The number of carbonyl (C=O) groups excluding carboxylic acids is 2. The maximum absolute atomic E-state index is 12.2. The number of piperidine rings is 1. The van der Waals surface area contributed by atoms with Crippen LogP contribution in [0.1, 0.15) is 32.1 Å². The smallest absolute Gasteiger partial charge is 0.242 e. The highest BCUT2D eigenvalue weighted by atomic mass is 127. The Kier molecular flexibility index (Phi) is 6.36. The Hall–Kier alpha value is -0.970. The predicted octanol–water partition coefficient (Wildman–Crippen LogP) is 0.382. The van der Waals surface area contributed by atoms with Gasteiger partial charge in [-0.2, -0.15) is 0 Å². The lowest BCUT2D eigenvalue weighted by molar-refractivity contribution is -0.527. The van der Waals surface area contributed by atoms with Crippen LogP contribution in [0, 0.1) is 22.0 Å². The SMILES string of the molecule is O=C(NNC(=O)C1CC([N+](=O)[O-])CCC1I)C1CCNCC1. The van der Waals surface area contributed by atoms with Crippen molar-refractivity contribution in [3.8, 4) is 0 Å². The van der Waals surface area contributed by atoms with Crippen molar-refractivity contribution in [2.75, 3.05) is 13.1 Å². The summed E-state index contributed by atoms with van der Waals surface area (Å²) in [6, 6.07) is -0.665. The summed E-state index contributed by atoms with van der Waals surface area (Å²) in [7, 11) is 0. The highest BCUT2D eigenvalue weighted by Gasteiger charge is 2.39. The molecule has 0 aromatic rings. The molecule has 2 rings (SSSR count). The molecule has 1 saturated carbocycles. The second-order valence-corrected chi connectivity index (χ2v) is 7.48. The third kappa shape index (κ3) is 4.51. The molecule has 2 amide bonds. The fourth-order valence-corrected chi connectivity index (χ4v) is 3.96. The lowest BCUT2D eigenvalue weighted by atomic mass is 9.85. The van der Waals surface area contributed by atoms with E-state index in [0.29, 0.717) is 12.8 Å². The summed E-state index contributed by atoms with van der Waals surface area (Å²) in [5.74, 6) is -1.03. The number of amides is 2. The average Bonchev–Trinajstić information content (AvgIpc) is 2.53. The van der Waals surface area contributed by atoms with Gasteiger partial charge in [-0.05, 0) is 32.4 Å². The van der Waals surface area contributed by atoms with Crippen molar-refractivity contribution in [3.63, 3.8) is 0 Å². The van der Waals surface area contributed by atoms with E-state index in [4.69, 9.17) is 0 Å². The minimum absolute atomic E-state index is 0.0598. The van der Waals surface area contributed by atoms with Gasteiger partial charge in [-0.3, -0.25) is 30.6 Å². The van der Waals surface area contributed by atoms with Gasteiger partial charge in [-0.25, -0.2) is 0 Å². The zero-order chi connectivity index (χ0) is 16.1. The van der Waals surface area contributed by atoms with Crippen LogP contribution >= 0.6 is 22.6 Å². The van der Waals surface area contributed by atoms with Crippen LogP contribution < -0.4 is 16.2 Å². The van der Waals surface area contributed by atoms with Gasteiger partial charge < -0.3 is 5.32 Å². The second kappa shape index (κ2) is 8.04. The van der Waals surface area contributed by atoms with Crippen LogP contribution in [0.15, 0.2) is 0 Å². The average molecular weight is 424 g/mol. The molecule has 3 unspecified atom stereocenters. The lowest BCUT2D eigenvalue weighted by Crippen LogP contribution is -2.51. The third-order valence-electron chi connectivity index (χ3n) is 4.39. The molecule has 1 heterocycles. The minimum Gasteiger partial charge on any atom is -0.317 e. The summed E-state index contributed by atoms with van der Waals surface area (Å²) in [6.07, 6.45) is 2.89. The van der Waals surface area contributed by atoms with Gasteiger partial charge in [0.25, 0.3) is 0 Å². The molecule has 22 heavy (non-hydrogen) atoms. The largest absolute Gasteiger partial charge is 0.317 e. The lowest BCUT2D eigenvalue weighted by Gasteiger charge is -2.28. The Morgan fingerprint density at radius 3 is 2.36 bits per heavy atom. The normalized spacial score (nSPS) is 29.6. The predicted molar refractivity (Wildman–Crippen MR) is 87.8 cm³/mol. The topological polar surface area (TPSA) is 113 Å². The molecule has 1 saturated heterocycles. The summed E-state index contributed by atoms with van der Waals surface area (Å²) in [5.41, 5.74) is 4.93. The number of nitrogens with one attached hydrogen (secondary N) is 3. The van der Waals surface area contributed by atoms with Crippen LogP contribution in [0.2, 0.25) is 0 Å². The first kappa shape index (κ1) is 17.4. The van der Waals surface area contributed by atoms with E-state index >= 15 is 0 Å². The van der Waals surface area contributed by atoms with Crippen LogP contribution in [-0.2, 0) is 9.59 Å². The van der Waals surface area contributed by atoms with Gasteiger partial charge in [-0.1, -0.05) is 22.6 Å². The molecule has 8 nitrogen and oxygen atoms in total. The minimum atomic E-state index is -0.665. The van der Waals surface area contributed by atoms with Crippen LogP contribution in [0.4, 0.5) is 0 Å². The summed E-state index contributed by atoms with van der Waals surface area (Å²) in [5, 5.41) is 14.1. The van der Waals surface area contributed by atoms with E-state index in [1.54, 1.807) is 0 Å². The molecule has 3 N–H and O–H groups in total. The van der Waals surface area contributed by atoms with E-state index in [0.717, 1.165) is 25.9 Å². The molecule has 2 aliphatic rings. The van der Waals surface area contributed by atoms with Gasteiger partial charge in [0, 0.05) is 27.6 Å². The van der Waals surface area contributed by atoms with Gasteiger partial charge in [0.2, 0.25) is 17.9 Å². The number of halogens is 1. The molecule has 0 aromatic heterocycles. The molecular weight excluding hydrogens is 403 g/mol. The molecule has 1 aliphatic carbocycles. The van der Waals surface area contributed by atoms with Crippen molar-refractivity contribution in [3.05, 3.63) is 10.1 Å². The molecule has 1 aliphatic heterocycles. The number of alkyl halides is 1. The van der Waals surface area contributed by atoms with E-state index in [9.17, 15) is 19.7 Å². The van der Waals surface area contributed by atoms with Crippen LogP contribution in [-0.4, -0.2) is 39.8 Å². The monoisotopic (exact) mass is 424 g/mol. The Bertz CT molecular complexity index is 442. The number of nitrogens with zero attached hydrogens (tertiary/aromatic N) is 1. The second-order valence-electron chi connectivity index (χ2n) is 5.88. The van der Waals surface area contributed by atoms with Gasteiger partial charge >= 0.3 is 0 Å². The van der Waals surface area contributed by atoms with Crippen LogP contribution in [0.25, 0.3) is 0 Å². The molecule has 0 aromatic carbocycles. The van der Waals surface area contributed by atoms with Gasteiger partial charge in [0.1, 0.15) is 0 Å². The summed E-state index contributed by atoms with van der Waals surface area (Å²) >= 11 is 2.16. The Labute approximate surface area is 142 Å². The van der Waals surface area contributed by atoms with E-state index in [2.05, 4.69) is 38.8 Å². The quantitative estimate of drug-likeness (QED) is 0.263. The van der Waals surface area contributed by atoms with E-state index < -0.39 is 12.0 Å². The number of rotatable bonds is 3. The fraction of sp³-hybridized carbons (Fsp3) is 0.846. The highest BCUT2D eigenvalue weighted by molar-refractivity contribution is 14.1. The van der Waals surface area contributed by atoms with Crippen molar-refractivity contribution in [1.82, 2.24) is 16.2 Å². The van der Waals surface area contributed by atoms with Crippen molar-refractivity contribution < 1.29 is 14.5 Å². The Morgan fingerprint density at radius 2 is 1.73 bits per heavy atom. The van der Waals surface area contributed by atoms with Gasteiger partial charge in [-0.15, -0.1) is 0 Å². The molecule has 0 spiro atoms. The summed E-state index contributed by atoms with van der Waals surface area (Å²) in [4.78, 5) is 34.8. The molecule has 2 fully saturated rings. The van der Waals surface area contributed by atoms with Crippen molar-refractivity contribution in [2.45, 2.75) is 42.1 Å². The van der Waals surface area contributed by atoms with Gasteiger partial charge in [0.05, 0.1) is 5.92 Å². The molecule has 0 radical (unpaired) electrons. The van der Waals surface area contributed by atoms with Crippen LogP contribution in [0.3, 0.4) is 0 Å². The third-order valence-corrected chi connectivity index (χ3v) is 5.88. The number of nitro groups is 1. The molecular formula is C13H21IN4O4. The number of carbonyl (C=O) groups is 2. The Morgan fingerprint density at radius 1 is 1.09 bits per heavy atom. The maximum Gasteiger partial charge on any atom is 0.242 e. The molecule has 9 heteroatoms. The zero-order valence-corrected chi connectivity index (χ0v) is 14.4. The zero-order valence-electron chi connectivity index (χ0n) is 12.2. The fourth-order valence-electron chi connectivity index (χ4n) is 2.98. The standard InChI is InChI=1S/C13H21IN4O4/c14-11-2-1-9(18(21)22)7-10(11)13(20)17-16-12(19)8-3-5-15-6-4-8/h8-11,15H,1-7H2,(H,16,19)(H,17,20). The van der Waals surface area contributed by atoms with E-state index in [1.165, 1.54) is 0 Å². The summed E-state index contributed by atoms with van der Waals surface area (Å²) < 4.78 is 0.0598. The molecule has 124 valence electrons. The number of hydrogen-bond donors (Lipinski definition) is 3. The van der Waals surface area contributed by atoms with Gasteiger partial charge in [0.15, 0.2) is 0 Å². The van der Waals surface area contributed by atoms with Crippen molar-refractivity contribution in [2.24, 2.45) is 11.8 Å². The van der Waals surface area contributed by atoms with E-state index in [-0.39, 0.29) is 33.0 Å². The van der Waals surface area contributed by atoms with Crippen molar-refractivity contribution in [1.29, 1.82) is 0 Å². The van der Waals surface area contributed by atoms with Crippen molar-refractivity contribution >= 4 is 34.4 Å². The first-order valence-electron chi connectivity index (χ1n) is 7.57. The highest BCUT2D eigenvalue weighted by Crippen LogP contribution is 2.31.